The van der Waals surface area contributed by atoms with E-state index >= 15 is 0 Å². The largest absolute Gasteiger partial charge is 0.354 e. The van der Waals surface area contributed by atoms with Crippen molar-refractivity contribution >= 4 is 21.6 Å². The van der Waals surface area contributed by atoms with Crippen LogP contribution < -0.4 is 10.5 Å². The zero-order valence-electron chi connectivity index (χ0n) is 18.9. The Morgan fingerprint density at radius 3 is 2.19 bits per heavy atom. The van der Waals surface area contributed by atoms with Crippen LogP contribution in [0.4, 0.5) is 10.5 Å². The van der Waals surface area contributed by atoms with Gasteiger partial charge in [0.15, 0.2) is 0 Å². The zero-order valence-corrected chi connectivity index (χ0v) is 19.7. The average molecular weight is 453 g/mol. The molecule has 0 aromatic heterocycles. The molecule has 5 rings (SSSR count). The molecule has 0 radical (unpaired) electrons. The smallest absolute Gasteiger partial charge is 0.305 e. The second kappa shape index (κ2) is 8.28. The number of anilines is 1. The number of nitrogens with zero attached hydrogens (tertiary/aromatic N) is 2. The van der Waals surface area contributed by atoms with Crippen molar-refractivity contribution in [2.75, 3.05) is 19.4 Å². The quantitative estimate of drug-likeness (QED) is 0.694. The number of carbonyl (C=O) groups is 1. The van der Waals surface area contributed by atoms with Crippen molar-refractivity contribution in [3.8, 4) is 0 Å². The van der Waals surface area contributed by atoms with Crippen LogP contribution in [0.2, 0.25) is 0 Å². The van der Waals surface area contributed by atoms with Gasteiger partial charge in [0.05, 0.1) is 4.90 Å². The second-order valence-electron chi connectivity index (χ2n) is 9.64. The van der Waals surface area contributed by atoms with E-state index in [0.29, 0.717) is 16.9 Å². The normalized spacial score (nSPS) is 19.9. The van der Waals surface area contributed by atoms with Gasteiger partial charge in [-0.25, -0.2) is 14.1 Å². The van der Waals surface area contributed by atoms with Crippen LogP contribution in [-0.4, -0.2) is 29.2 Å². The van der Waals surface area contributed by atoms with Crippen molar-refractivity contribution in [3.05, 3.63) is 58.1 Å². The van der Waals surface area contributed by atoms with Crippen molar-refractivity contribution in [2.24, 2.45) is 15.4 Å². The van der Waals surface area contributed by atoms with E-state index in [9.17, 15) is 9.00 Å². The Hall–Kier alpha value is -2.22. The molecule has 2 aromatic carbocycles. The SMILES string of the molecule is CN(C)[C@@H](c1ccc([S@@](N)(=O)=NC(=O)Nc2c3c(cc4c2CCC4)CCC3)cc1)C1CC1. The van der Waals surface area contributed by atoms with Crippen molar-refractivity contribution in [1.29, 1.82) is 0 Å². The van der Waals surface area contributed by atoms with Crippen LogP contribution in [0.5, 0.6) is 0 Å². The molecule has 0 saturated heterocycles. The first-order valence-corrected chi connectivity index (χ1v) is 13.2. The average Bonchev–Trinajstić information content (AvgIpc) is 3.25. The molecule has 2 amide bonds. The van der Waals surface area contributed by atoms with Gasteiger partial charge in [-0.1, -0.05) is 18.2 Å². The molecule has 1 saturated carbocycles. The van der Waals surface area contributed by atoms with Gasteiger partial charge in [0, 0.05) is 11.7 Å². The van der Waals surface area contributed by atoms with Gasteiger partial charge >= 0.3 is 6.03 Å². The van der Waals surface area contributed by atoms with Crippen LogP contribution in [0.1, 0.15) is 59.5 Å². The number of benzene rings is 2. The minimum atomic E-state index is -3.33. The molecular weight excluding hydrogens is 420 g/mol. The summed E-state index contributed by atoms with van der Waals surface area (Å²) < 4.78 is 17.1. The molecular formula is C25H32N4O2S. The second-order valence-corrected chi connectivity index (χ2v) is 11.4. The van der Waals surface area contributed by atoms with Crippen LogP contribution in [-0.2, 0) is 35.6 Å². The Balaban J connectivity index is 1.39. The van der Waals surface area contributed by atoms with Crippen LogP contribution in [0.3, 0.4) is 0 Å². The summed E-state index contributed by atoms with van der Waals surface area (Å²) in [6, 6.07) is 9.48. The van der Waals surface area contributed by atoms with Crippen LogP contribution in [0.15, 0.2) is 39.6 Å². The van der Waals surface area contributed by atoms with Gasteiger partial charge in [0.25, 0.3) is 0 Å². The lowest BCUT2D eigenvalue weighted by molar-refractivity contribution is 0.260. The molecule has 0 spiro atoms. The summed E-state index contributed by atoms with van der Waals surface area (Å²) in [7, 11) is 0.840. The Morgan fingerprint density at radius 2 is 1.66 bits per heavy atom. The molecule has 32 heavy (non-hydrogen) atoms. The number of rotatable bonds is 5. The van der Waals surface area contributed by atoms with Gasteiger partial charge in [-0.2, -0.15) is 0 Å². The summed E-state index contributed by atoms with van der Waals surface area (Å²) in [6.45, 7) is 0. The fraction of sp³-hybridized carbons (Fsp3) is 0.480. The highest BCUT2D eigenvalue weighted by atomic mass is 32.2. The molecule has 3 N–H and O–H groups in total. The monoisotopic (exact) mass is 452 g/mol. The lowest BCUT2D eigenvalue weighted by atomic mass is 9.99. The topological polar surface area (TPSA) is 87.8 Å². The minimum Gasteiger partial charge on any atom is -0.305 e. The maximum atomic E-state index is 13.2. The van der Waals surface area contributed by atoms with E-state index in [-0.39, 0.29) is 0 Å². The molecule has 0 bridgehead atoms. The molecule has 0 unspecified atom stereocenters. The van der Waals surface area contributed by atoms with Crippen LogP contribution in [0.25, 0.3) is 0 Å². The summed E-state index contributed by atoms with van der Waals surface area (Å²) in [5, 5.41) is 9.03. The molecule has 0 heterocycles. The predicted octanol–water partition coefficient (Wildman–Crippen LogP) is 4.61. The van der Waals surface area contributed by atoms with E-state index in [1.54, 1.807) is 12.1 Å². The molecule has 2 atom stereocenters. The van der Waals surface area contributed by atoms with Gasteiger partial charge in [0.2, 0.25) is 0 Å². The fourth-order valence-electron chi connectivity index (χ4n) is 5.54. The highest BCUT2D eigenvalue weighted by Crippen LogP contribution is 2.43. The van der Waals surface area contributed by atoms with Crippen molar-refractivity contribution in [2.45, 2.75) is 62.3 Å². The number of urea groups is 1. The Labute approximate surface area is 190 Å². The number of nitrogens with two attached hydrogens (primary N) is 1. The number of carbonyl (C=O) groups excluding carboxylic acids is 1. The van der Waals surface area contributed by atoms with E-state index in [1.807, 2.05) is 12.1 Å². The van der Waals surface area contributed by atoms with Crippen molar-refractivity contribution < 1.29 is 9.00 Å². The number of fused-ring (bicyclic) bond motifs is 2. The lowest BCUT2D eigenvalue weighted by Gasteiger charge is -2.24. The summed E-state index contributed by atoms with van der Waals surface area (Å²) in [4.78, 5) is 15.4. The van der Waals surface area contributed by atoms with Gasteiger partial charge in [-0.3, -0.25) is 0 Å². The maximum absolute atomic E-state index is 13.2. The molecule has 6 nitrogen and oxygen atoms in total. The Kier molecular flexibility index (Phi) is 5.60. The molecule has 3 aliphatic carbocycles. The number of nitrogens with one attached hydrogen (secondary N) is 1. The van der Waals surface area contributed by atoms with Crippen LogP contribution >= 0.6 is 0 Å². The van der Waals surface area contributed by atoms with Gasteiger partial charge in [0.1, 0.15) is 9.92 Å². The summed E-state index contributed by atoms with van der Waals surface area (Å²) >= 11 is 0. The molecule has 170 valence electrons. The molecule has 1 fully saturated rings. The van der Waals surface area contributed by atoms with Crippen LogP contribution in [0, 0.1) is 5.92 Å². The molecule has 0 aliphatic heterocycles. The minimum absolute atomic E-state index is 0.348. The van der Waals surface area contributed by atoms with Crippen molar-refractivity contribution in [1.82, 2.24) is 4.90 Å². The number of hydrogen-bond acceptors (Lipinski definition) is 3. The van der Waals surface area contributed by atoms with E-state index in [2.05, 4.69) is 34.7 Å². The van der Waals surface area contributed by atoms with E-state index in [1.165, 1.54) is 40.7 Å². The van der Waals surface area contributed by atoms with E-state index in [0.717, 1.165) is 44.2 Å². The Morgan fingerprint density at radius 1 is 1.06 bits per heavy atom. The molecule has 2 aromatic rings. The highest BCUT2D eigenvalue weighted by Gasteiger charge is 2.33. The van der Waals surface area contributed by atoms with Gasteiger partial charge in [-0.15, -0.1) is 4.36 Å². The number of hydrogen-bond donors (Lipinski definition) is 2. The summed E-state index contributed by atoms with van der Waals surface area (Å²) in [5.74, 6) is 0.669. The molecule has 7 heteroatoms. The first kappa shape index (κ1) is 21.6. The zero-order chi connectivity index (χ0) is 22.5. The number of aryl methyl sites for hydroxylation is 2. The third-order valence-corrected chi connectivity index (χ3v) is 8.49. The third kappa shape index (κ3) is 4.09. The Bertz CT molecular complexity index is 1140. The summed E-state index contributed by atoms with van der Waals surface area (Å²) in [6.07, 6.45) is 8.72. The fourth-order valence-corrected chi connectivity index (χ4v) is 6.46. The first-order valence-electron chi connectivity index (χ1n) is 11.6. The summed E-state index contributed by atoms with van der Waals surface area (Å²) in [5.41, 5.74) is 7.17. The third-order valence-electron chi connectivity index (χ3n) is 7.11. The standard InChI is InChI=1S/C25H32N4O2S/c1-29(2)24(16-9-10-16)17-11-13-20(14-12-17)32(26,31)28-25(30)27-23-21-7-3-5-18(21)15-19-6-4-8-22(19)23/h11-16,24H,3-10H2,1-2H3,(H3,26,27,28,30,31)/t24-,32+/m1/s1. The van der Waals surface area contributed by atoms with Crippen molar-refractivity contribution in [3.63, 3.8) is 0 Å². The van der Waals surface area contributed by atoms with Gasteiger partial charge in [-0.05, 0) is 111 Å². The van der Waals surface area contributed by atoms with Gasteiger partial charge < -0.3 is 10.2 Å². The lowest BCUT2D eigenvalue weighted by Crippen LogP contribution is -2.22. The first-order chi connectivity index (χ1) is 15.3. The predicted molar refractivity (Wildman–Crippen MR) is 128 cm³/mol. The number of amides is 2. The highest BCUT2D eigenvalue weighted by molar-refractivity contribution is 7.91. The maximum Gasteiger partial charge on any atom is 0.354 e. The van der Waals surface area contributed by atoms with E-state index in [4.69, 9.17) is 5.14 Å². The van der Waals surface area contributed by atoms with E-state index < -0.39 is 15.9 Å². The molecule has 3 aliphatic rings.